The molecule has 0 aliphatic carbocycles. The van der Waals surface area contributed by atoms with Crippen LogP contribution in [0.3, 0.4) is 0 Å². The van der Waals surface area contributed by atoms with Gasteiger partial charge in [0.1, 0.15) is 0 Å². The highest BCUT2D eigenvalue weighted by molar-refractivity contribution is 7.71. The van der Waals surface area contributed by atoms with Gasteiger partial charge in [-0.15, -0.1) is 0 Å². The number of hydrogen-bond acceptors (Lipinski definition) is 3. The molecule has 0 unspecified atom stereocenters. The molecule has 5 heteroatoms. The van der Waals surface area contributed by atoms with Crippen LogP contribution in [0.2, 0.25) is 0 Å². The van der Waals surface area contributed by atoms with Gasteiger partial charge in [0.05, 0.1) is 0 Å². The Balaban J connectivity index is 0.000000135. The topological polar surface area (TPSA) is 57.9 Å². The normalized spacial score (nSPS) is 12.8. The van der Waals surface area contributed by atoms with Crippen molar-refractivity contribution in [1.29, 1.82) is 0 Å². The zero-order valence-corrected chi connectivity index (χ0v) is 17.6. The highest BCUT2D eigenvalue weighted by atomic mass is 32.1. The Morgan fingerprint density at radius 2 is 1.31 bits per heavy atom. The van der Waals surface area contributed by atoms with Gasteiger partial charge in [-0.3, -0.25) is 4.79 Å². The van der Waals surface area contributed by atoms with Crippen LogP contribution in [0, 0.1) is 18.4 Å². The lowest BCUT2D eigenvalue weighted by molar-refractivity contribution is 0.198. The van der Waals surface area contributed by atoms with Crippen molar-refractivity contribution in [3.05, 3.63) is 86.8 Å². The van der Waals surface area contributed by atoms with Gasteiger partial charge in [-0.1, -0.05) is 42.5 Å². The lowest BCUT2D eigenvalue weighted by atomic mass is 10.2. The quantitative estimate of drug-likeness (QED) is 0.361. The second-order valence-corrected chi connectivity index (χ2v) is 7.48. The van der Waals surface area contributed by atoms with E-state index >= 15 is 0 Å². The maximum Gasteiger partial charge on any atom is 0.189 e. The minimum atomic E-state index is 0.0850. The van der Waals surface area contributed by atoms with E-state index in [-0.39, 0.29) is 5.43 Å². The lowest BCUT2D eigenvalue weighted by Crippen LogP contribution is -2.01. The Kier molecular flexibility index (Phi) is 7.33. The molecule has 4 aromatic rings. The van der Waals surface area contributed by atoms with Crippen LogP contribution in [-0.4, -0.2) is 23.2 Å². The van der Waals surface area contributed by atoms with Gasteiger partial charge in [-0.25, -0.2) is 0 Å². The summed E-state index contributed by atoms with van der Waals surface area (Å²) in [5.41, 5.74) is 4.12. The van der Waals surface area contributed by atoms with E-state index in [1.165, 1.54) is 12.8 Å². The number of ether oxygens (including phenoxy) is 1. The van der Waals surface area contributed by atoms with Crippen molar-refractivity contribution >= 4 is 34.0 Å². The molecule has 0 radical (unpaired) electrons. The van der Waals surface area contributed by atoms with Gasteiger partial charge >= 0.3 is 0 Å². The largest absolute Gasteiger partial charge is 0.381 e. The summed E-state index contributed by atoms with van der Waals surface area (Å²) in [4.78, 5) is 17.8. The SMILES string of the molecule is C1CCOC1.Cc1cc(=O)c2ccccc2[nH]1.Cc1cc(=S)c2ccccc2[nH]1. The van der Waals surface area contributed by atoms with Gasteiger partial charge in [-0.05, 0) is 51.0 Å². The summed E-state index contributed by atoms with van der Waals surface area (Å²) in [6.45, 7) is 5.90. The smallest absolute Gasteiger partial charge is 0.189 e. The summed E-state index contributed by atoms with van der Waals surface area (Å²) in [7, 11) is 0. The zero-order valence-electron chi connectivity index (χ0n) is 16.8. The van der Waals surface area contributed by atoms with E-state index in [1.54, 1.807) is 6.07 Å². The monoisotopic (exact) mass is 406 g/mol. The maximum atomic E-state index is 11.4. The highest BCUT2D eigenvalue weighted by Gasteiger charge is 1.97. The van der Waals surface area contributed by atoms with E-state index in [0.29, 0.717) is 0 Å². The van der Waals surface area contributed by atoms with Crippen LogP contribution in [0.4, 0.5) is 0 Å². The molecular formula is C24H26N2O2S. The van der Waals surface area contributed by atoms with Gasteiger partial charge in [-0.2, -0.15) is 0 Å². The van der Waals surface area contributed by atoms with Crippen LogP contribution in [0.1, 0.15) is 24.2 Å². The average molecular weight is 407 g/mol. The van der Waals surface area contributed by atoms with Gasteiger partial charge < -0.3 is 14.7 Å². The molecule has 0 bridgehead atoms. The number of pyridine rings is 2. The highest BCUT2D eigenvalue weighted by Crippen LogP contribution is 2.13. The number of aromatic nitrogens is 2. The fourth-order valence-corrected chi connectivity index (χ4v) is 3.52. The Morgan fingerprint density at radius 3 is 1.90 bits per heavy atom. The van der Waals surface area contributed by atoms with E-state index in [0.717, 1.165) is 50.9 Å². The van der Waals surface area contributed by atoms with Crippen LogP contribution in [0.5, 0.6) is 0 Å². The molecule has 2 aromatic heterocycles. The van der Waals surface area contributed by atoms with Crippen molar-refractivity contribution in [2.75, 3.05) is 13.2 Å². The van der Waals surface area contributed by atoms with Crippen molar-refractivity contribution in [3.8, 4) is 0 Å². The first kappa shape index (κ1) is 21.0. The zero-order chi connectivity index (χ0) is 20.6. The number of nitrogens with one attached hydrogen (secondary N) is 2. The molecule has 2 aromatic carbocycles. The third-order valence-corrected chi connectivity index (χ3v) is 4.91. The molecule has 0 saturated carbocycles. The molecule has 0 atom stereocenters. The molecule has 1 aliphatic rings. The Labute approximate surface area is 175 Å². The summed E-state index contributed by atoms with van der Waals surface area (Å²) in [5, 5.41) is 1.88. The molecule has 150 valence electrons. The van der Waals surface area contributed by atoms with Crippen molar-refractivity contribution in [1.82, 2.24) is 9.97 Å². The van der Waals surface area contributed by atoms with Crippen molar-refractivity contribution < 1.29 is 4.74 Å². The number of hydrogen-bond donors (Lipinski definition) is 2. The number of H-pyrrole nitrogens is 2. The van der Waals surface area contributed by atoms with Gasteiger partial charge in [0, 0.05) is 57.0 Å². The second-order valence-electron chi connectivity index (χ2n) is 7.04. The maximum absolute atomic E-state index is 11.4. The van der Waals surface area contributed by atoms with E-state index in [4.69, 9.17) is 17.0 Å². The second kappa shape index (κ2) is 10.1. The minimum Gasteiger partial charge on any atom is -0.381 e. The fraction of sp³-hybridized carbons (Fsp3) is 0.250. The number of aromatic amines is 2. The van der Waals surface area contributed by atoms with E-state index in [1.807, 2.05) is 68.4 Å². The van der Waals surface area contributed by atoms with E-state index < -0.39 is 0 Å². The van der Waals surface area contributed by atoms with Crippen LogP contribution < -0.4 is 5.43 Å². The van der Waals surface area contributed by atoms with Crippen LogP contribution in [0.15, 0.2) is 65.5 Å². The molecule has 1 saturated heterocycles. The summed E-state index contributed by atoms with van der Waals surface area (Å²) in [5.74, 6) is 0. The standard InChI is InChI=1S/C10H9NO.C10H9NS.C4H8O/c2*1-7-6-10(12)8-4-2-3-5-9(8)11-7;1-2-4-5-3-1/h2*2-6H,1H3,(H,11,12);1-4H2. The Morgan fingerprint density at radius 1 is 0.793 bits per heavy atom. The van der Waals surface area contributed by atoms with Crippen molar-refractivity contribution in [3.63, 3.8) is 0 Å². The third-order valence-electron chi connectivity index (χ3n) is 4.57. The first-order valence-electron chi connectivity index (χ1n) is 9.79. The summed E-state index contributed by atoms with van der Waals surface area (Å²) < 4.78 is 5.86. The minimum absolute atomic E-state index is 0.0850. The molecule has 4 nitrogen and oxygen atoms in total. The molecule has 5 rings (SSSR count). The first-order valence-corrected chi connectivity index (χ1v) is 10.2. The Bertz CT molecular complexity index is 1110. The predicted molar refractivity (Wildman–Crippen MR) is 123 cm³/mol. The number of benzene rings is 2. The average Bonchev–Trinajstić information content (AvgIpc) is 3.28. The number of fused-ring (bicyclic) bond motifs is 2. The number of aryl methyl sites for hydroxylation is 2. The molecule has 3 heterocycles. The fourth-order valence-electron chi connectivity index (χ4n) is 3.17. The van der Waals surface area contributed by atoms with Crippen molar-refractivity contribution in [2.45, 2.75) is 26.7 Å². The third kappa shape index (κ3) is 5.86. The molecule has 0 amide bonds. The van der Waals surface area contributed by atoms with Gasteiger partial charge in [0.15, 0.2) is 5.43 Å². The van der Waals surface area contributed by atoms with E-state index in [9.17, 15) is 4.79 Å². The molecule has 0 spiro atoms. The number of rotatable bonds is 0. The molecule has 1 fully saturated rings. The van der Waals surface area contributed by atoms with Gasteiger partial charge in [0.2, 0.25) is 0 Å². The van der Waals surface area contributed by atoms with Crippen LogP contribution >= 0.6 is 12.2 Å². The Hall–Kier alpha value is -2.76. The number of para-hydroxylation sites is 2. The summed E-state index contributed by atoms with van der Waals surface area (Å²) in [6.07, 6.45) is 2.56. The molecule has 29 heavy (non-hydrogen) atoms. The summed E-state index contributed by atoms with van der Waals surface area (Å²) in [6, 6.07) is 19.2. The van der Waals surface area contributed by atoms with E-state index in [2.05, 4.69) is 9.97 Å². The van der Waals surface area contributed by atoms with Gasteiger partial charge in [0.25, 0.3) is 0 Å². The molecular weight excluding hydrogens is 380 g/mol. The summed E-state index contributed by atoms with van der Waals surface area (Å²) >= 11 is 5.22. The lowest BCUT2D eigenvalue weighted by Gasteiger charge is -1.99. The van der Waals surface area contributed by atoms with Crippen molar-refractivity contribution in [2.24, 2.45) is 0 Å². The van der Waals surface area contributed by atoms with Crippen LogP contribution in [0.25, 0.3) is 21.8 Å². The molecule has 1 aliphatic heterocycles. The predicted octanol–water partition coefficient (Wildman–Crippen LogP) is 5.84. The van der Waals surface area contributed by atoms with Crippen LogP contribution in [-0.2, 0) is 4.74 Å². The first-order chi connectivity index (χ1) is 14.0. The molecule has 2 N–H and O–H groups in total.